The van der Waals surface area contributed by atoms with E-state index in [9.17, 15) is 13.2 Å². The quantitative estimate of drug-likeness (QED) is 0.814. The van der Waals surface area contributed by atoms with Crippen molar-refractivity contribution in [2.45, 2.75) is 13.3 Å². The molecule has 0 saturated heterocycles. The fourth-order valence-corrected chi connectivity index (χ4v) is 2.93. The van der Waals surface area contributed by atoms with Crippen LogP contribution in [-0.2, 0) is 14.8 Å². The smallest absolute Gasteiger partial charge is 0.233 e. The Kier molecular flexibility index (Phi) is 5.45. The molecule has 2 rings (SSSR count). The number of ether oxygens (including phenoxy) is 1. The maximum Gasteiger partial charge on any atom is 0.233 e. The van der Waals surface area contributed by atoms with Crippen LogP contribution in [-0.4, -0.2) is 39.4 Å². The number of sulfonamides is 1. The first-order chi connectivity index (χ1) is 11.3. The molecule has 0 aliphatic heterocycles. The van der Waals surface area contributed by atoms with Crippen LogP contribution in [0.1, 0.15) is 12.2 Å². The van der Waals surface area contributed by atoms with Crippen molar-refractivity contribution < 1.29 is 22.5 Å². The number of carbonyl (C=O) groups is 1. The lowest BCUT2D eigenvalue weighted by Gasteiger charge is -2.18. The number of amides is 1. The summed E-state index contributed by atoms with van der Waals surface area (Å²) in [6, 6.07) is 8.47. The van der Waals surface area contributed by atoms with E-state index in [1.54, 1.807) is 31.2 Å². The van der Waals surface area contributed by atoms with E-state index in [4.69, 9.17) is 9.26 Å². The molecule has 1 aromatic carbocycles. The average Bonchev–Trinajstić information content (AvgIpc) is 2.92. The molecule has 0 unspecified atom stereocenters. The topological polar surface area (TPSA) is 102 Å². The number of nitrogens with one attached hydrogen (secondary N) is 1. The van der Waals surface area contributed by atoms with Gasteiger partial charge in [-0.2, -0.15) is 0 Å². The number of aryl methyl sites for hydroxylation is 1. The Morgan fingerprint density at radius 1 is 1.38 bits per heavy atom. The zero-order valence-electron chi connectivity index (χ0n) is 13.6. The summed E-state index contributed by atoms with van der Waals surface area (Å²) < 4.78 is 34.9. The number of benzene rings is 1. The Bertz CT molecular complexity index is 816. The summed E-state index contributed by atoms with van der Waals surface area (Å²) in [7, 11) is -2.08. The van der Waals surface area contributed by atoms with Gasteiger partial charge in [0.15, 0.2) is 5.82 Å². The van der Waals surface area contributed by atoms with Crippen molar-refractivity contribution >= 4 is 27.4 Å². The molecule has 0 aliphatic rings. The van der Waals surface area contributed by atoms with Crippen LogP contribution in [0.5, 0.6) is 5.75 Å². The molecule has 9 heteroatoms. The fraction of sp³-hybridized carbons (Fsp3) is 0.333. The molecule has 0 saturated carbocycles. The Hall–Kier alpha value is -2.55. The van der Waals surface area contributed by atoms with E-state index in [1.165, 1.54) is 13.2 Å². The molecule has 0 atom stereocenters. The molecule has 2 aromatic rings. The van der Waals surface area contributed by atoms with E-state index in [0.29, 0.717) is 17.2 Å². The second-order valence-electron chi connectivity index (χ2n) is 5.13. The van der Waals surface area contributed by atoms with E-state index in [2.05, 4.69) is 10.5 Å². The highest BCUT2D eigenvalue weighted by Gasteiger charge is 2.22. The highest BCUT2D eigenvalue weighted by Crippen LogP contribution is 2.23. The molecular weight excluding hydrogens is 334 g/mol. The summed E-state index contributed by atoms with van der Waals surface area (Å²) in [4.78, 5) is 12.1. The summed E-state index contributed by atoms with van der Waals surface area (Å²) in [6.45, 7) is 1.61. The molecule has 130 valence electrons. The fourth-order valence-electron chi connectivity index (χ4n) is 2.08. The predicted molar refractivity (Wildman–Crippen MR) is 89.7 cm³/mol. The molecule has 8 nitrogen and oxygen atoms in total. The van der Waals surface area contributed by atoms with Gasteiger partial charge in [-0.1, -0.05) is 17.3 Å². The molecule has 1 heterocycles. The number of hydrogen-bond donors (Lipinski definition) is 1. The zero-order chi connectivity index (χ0) is 17.7. The Morgan fingerprint density at radius 3 is 2.67 bits per heavy atom. The molecular formula is C15H19N3O5S. The van der Waals surface area contributed by atoms with Crippen LogP contribution in [0.3, 0.4) is 0 Å². The number of aromatic nitrogens is 1. The number of carbonyl (C=O) groups excluding carboxylic acids is 1. The third-order valence-corrected chi connectivity index (χ3v) is 4.36. The standard InChI is InChI=1S/C15H19N3O5S/c1-11-10-14(17-23-11)18(24(3,20)21)9-8-15(19)16-12-6-4-5-7-13(12)22-2/h4-7,10H,8-9H2,1-3H3,(H,16,19). The first kappa shape index (κ1) is 17.8. The van der Waals surface area contributed by atoms with Crippen molar-refractivity contribution in [3.8, 4) is 5.75 Å². The van der Waals surface area contributed by atoms with Gasteiger partial charge < -0.3 is 14.6 Å². The molecule has 1 amide bonds. The summed E-state index contributed by atoms with van der Waals surface area (Å²) in [6.07, 6.45) is 1.01. The Balaban J connectivity index is 2.05. The minimum atomic E-state index is -3.58. The van der Waals surface area contributed by atoms with Crippen LogP contribution in [0.25, 0.3) is 0 Å². The van der Waals surface area contributed by atoms with Crippen molar-refractivity contribution in [2.24, 2.45) is 0 Å². The lowest BCUT2D eigenvalue weighted by molar-refractivity contribution is -0.116. The molecule has 1 aromatic heterocycles. The van der Waals surface area contributed by atoms with Crippen molar-refractivity contribution in [1.82, 2.24) is 5.16 Å². The van der Waals surface area contributed by atoms with Crippen LogP contribution < -0.4 is 14.4 Å². The van der Waals surface area contributed by atoms with Crippen LogP contribution in [0.4, 0.5) is 11.5 Å². The van der Waals surface area contributed by atoms with Crippen LogP contribution in [0, 0.1) is 6.92 Å². The minimum absolute atomic E-state index is 0.0446. The maximum absolute atomic E-state index is 12.1. The van der Waals surface area contributed by atoms with Crippen LogP contribution in [0.2, 0.25) is 0 Å². The van der Waals surface area contributed by atoms with E-state index >= 15 is 0 Å². The lowest BCUT2D eigenvalue weighted by Crippen LogP contribution is -2.33. The number of methoxy groups -OCH3 is 1. The SMILES string of the molecule is COc1ccccc1NC(=O)CCN(c1cc(C)on1)S(C)(=O)=O. The van der Waals surface area contributed by atoms with Gasteiger partial charge in [-0.15, -0.1) is 0 Å². The number of rotatable bonds is 7. The number of hydrogen-bond acceptors (Lipinski definition) is 6. The first-order valence-electron chi connectivity index (χ1n) is 7.15. The number of nitrogens with zero attached hydrogens (tertiary/aromatic N) is 2. The third-order valence-electron chi connectivity index (χ3n) is 3.19. The zero-order valence-corrected chi connectivity index (χ0v) is 14.5. The monoisotopic (exact) mass is 353 g/mol. The van der Waals surface area contributed by atoms with Gasteiger partial charge in [-0.3, -0.25) is 9.10 Å². The van der Waals surface area contributed by atoms with Crippen molar-refractivity contribution in [3.63, 3.8) is 0 Å². The Morgan fingerprint density at radius 2 is 2.08 bits per heavy atom. The molecule has 24 heavy (non-hydrogen) atoms. The van der Waals surface area contributed by atoms with Gasteiger partial charge in [0, 0.05) is 19.0 Å². The highest BCUT2D eigenvalue weighted by atomic mass is 32.2. The second kappa shape index (κ2) is 7.35. The maximum atomic E-state index is 12.1. The van der Waals surface area contributed by atoms with Crippen LogP contribution >= 0.6 is 0 Å². The molecule has 0 fully saturated rings. The third kappa shape index (κ3) is 4.48. The molecule has 0 bridgehead atoms. The average molecular weight is 353 g/mol. The number of para-hydroxylation sites is 2. The highest BCUT2D eigenvalue weighted by molar-refractivity contribution is 7.92. The lowest BCUT2D eigenvalue weighted by atomic mass is 10.3. The first-order valence-corrected chi connectivity index (χ1v) is 9.00. The van der Waals surface area contributed by atoms with Crippen molar-refractivity contribution in [2.75, 3.05) is 29.5 Å². The largest absolute Gasteiger partial charge is 0.495 e. The normalized spacial score (nSPS) is 11.1. The Labute approximate surface area is 140 Å². The van der Waals surface area contributed by atoms with Gasteiger partial charge in [0.1, 0.15) is 11.5 Å². The van der Waals surface area contributed by atoms with E-state index in [-0.39, 0.29) is 24.7 Å². The van der Waals surface area contributed by atoms with Gasteiger partial charge >= 0.3 is 0 Å². The minimum Gasteiger partial charge on any atom is -0.495 e. The van der Waals surface area contributed by atoms with Gasteiger partial charge in [0.25, 0.3) is 0 Å². The van der Waals surface area contributed by atoms with E-state index in [0.717, 1.165) is 10.6 Å². The van der Waals surface area contributed by atoms with Gasteiger partial charge in [-0.25, -0.2) is 8.42 Å². The molecule has 1 N–H and O–H groups in total. The van der Waals surface area contributed by atoms with Gasteiger partial charge in [0.2, 0.25) is 15.9 Å². The number of anilines is 2. The van der Waals surface area contributed by atoms with E-state index < -0.39 is 10.0 Å². The summed E-state index contributed by atoms with van der Waals surface area (Å²) in [5.41, 5.74) is 0.521. The molecule has 0 aliphatic carbocycles. The van der Waals surface area contributed by atoms with Gasteiger partial charge in [0.05, 0.1) is 19.1 Å². The second-order valence-corrected chi connectivity index (χ2v) is 7.04. The molecule has 0 spiro atoms. The van der Waals surface area contributed by atoms with Crippen LogP contribution in [0.15, 0.2) is 34.9 Å². The summed E-state index contributed by atoms with van der Waals surface area (Å²) >= 11 is 0. The van der Waals surface area contributed by atoms with E-state index in [1.807, 2.05) is 0 Å². The van der Waals surface area contributed by atoms with Crippen molar-refractivity contribution in [3.05, 3.63) is 36.1 Å². The predicted octanol–water partition coefficient (Wildman–Crippen LogP) is 1.79. The molecule has 0 radical (unpaired) electrons. The van der Waals surface area contributed by atoms with Gasteiger partial charge in [-0.05, 0) is 19.1 Å². The summed E-state index contributed by atoms with van der Waals surface area (Å²) in [5.74, 6) is 0.823. The van der Waals surface area contributed by atoms with Crippen molar-refractivity contribution in [1.29, 1.82) is 0 Å². The summed E-state index contributed by atoms with van der Waals surface area (Å²) in [5, 5.41) is 6.39.